The highest BCUT2D eigenvalue weighted by Crippen LogP contribution is 2.45. The summed E-state index contributed by atoms with van der Waals surface area (Å²) in [7, 11) is -2.32. The van der Waals surface area contributed by atoms with Gasteiger partial charge in [-0.15, -0.1) is 6.58 Å². The van der Waals surface area contributed by atoms with Gasteiger partial charge in [0.25, 0.3) is 5.91 Å². The standard InChI is InChI=1S/C35H48N6O8S/c1-9-21-18-35(21,31(44)40-50(46,47)24-11-12-24)38-28(42)26-17-23(49-29-25-13-10-22(48-8)16-20(25)14-15-36-29)19-41(26)30(43)27(33(2,3)4)37-32(45)39-34(5,6)7/h9-10,13-16,21,23-24,26-27H,1,11-12,17-19H2,2-8H3,(H,38,42)(H,40,44)(H2,37,39,45)/t21-,23-,26+,27-,35-/m1/s1. The predicted octanol–water partition coefficient (Wildman–Crippen LogP) is 2.77. The van der Waals surface area contributed by atoms with Crippen LogP contribution in [-0.2, 0) is 24.4 Å². The number of nitrogens with one attached hydrogen (secondary N) is 4. The van der Waals surface area contributed by atoms with Gasteiger partial charge < -0.3 is 30.3 Å². The normalized spacial score (nSPS) is 24.1. The van der Waals surface area contributed by atoms with E-state index in [1.54, 1.807) is 40.1 Å². The van der Waals surface area contributed by atoms with Crippen LogP contribution < -0.4 is 30.1 Å². The van der Waals surface area contributed by atoms with E-state index in [0.717, 1.165) is 5.39 Å². The van der Waals surface area contributed by atoms with Gasteiger partial charge in [0.1, 0.15) is 29.5 Å². The number of methoxy groups -OCH3 is 1. The van der Waals surface area contributed by atoms with E-state index in [-0.39, 0.29) is 19.4 Å². The third kappa shape index (κ3) is 7.98. The van der Waals surface area contributed by atoms with Crippen LogP contribution in [0.25, 0.3) is 10.8 Å². The molecule has 3 aliphatic rings. The summed E-state index contributed by atoms with van der Waals surface area (Å²) in [6.45, 7) is 14.6. The van der Waals surface area contributed by atoms with Crippen LogP contribution in [0, 0.1) is 11.3 Å². The van der Waals surface area contributed by atoms with Crippen LogP contribution in [0.3, 0.4) is 0 Å². The molecule has 4 N–H and O–H groups in total. The lowest BCUT2D eigenvalue weighted by molar-refractivity contribution is -0.142. The molecule has 0 spiro atoms. The highest BCUT2D eigenvalue weighted by molar-refractivity contribution is 7.91. The van der Waals surface area contributed by atoms with Gasteiger partial charge in [-0.05, 0) is 75.1 Å². The molecular formula is C35H48N6O8S. The summed E-state index contributed by atoms with van der Waals surface area (Å²) in [4.78, 5) is 60.9. The van der Waals surface area contributed by atoms with Crippen molar-refractivity contribution in [1.82, 2.24) is 30.6 Å². The Bertz CT molecular complexity index is 1800. The summed E-state index contributed by atoms with van der Waals surface area (Å²) in [5.74, 6) is -1.57. The molecule has 272 valence electrons. The second-order valence-corrected chi connectivity index (χ2v) is 17.5. The molecule has 2 heterocycles. The molecule has 14 nitrogen and oxygen atoms in total. The number of sulfonamides is 1. The zero-order valence-electron chi connectivity index (χ0n) is 29.7. The minimum Gasteiger partial charge on any atom is -0.497 e. The number of likely N-dealkylation sites (tertiary alicyclic amines) is 1. The van der Waals surface area contributed by atoms with Crippen molar-refractivity contribution in [3.8, 4) is 11.6 Å². The number of rotatable bonds is 11. The summed E-state index contributed by atoms with van der Waals surface area (Å²) in [6, 6.07) is 4.51. The highest BCUT2D eigenvalue weighted by atomic mass is 32.2. The van der Waals surface area contributed by atoms with Crippen LogP contribution in [0.15, 0.2) is 43.1 Å². The van der Waals surface area contributed by atoms with E-state index in [4.69, 9.17) is 9.47 Å². The number of nitrogens with zero attached hydrogens (tertiary/aromatic N) is 2. The lowest BCUT2D eigenvalue weighted by Crippen LogP contribution is -2.61. The number of ether oxygens (including phenoxy) is 2. The molecule has 1 saturated heterocycles. The van der Waals surface area contributed by atoms with Gasteiger partial charge in [0, 0.05) is 29.5 Å². The molecule has 2 aromatic rings. The van der Waals surface area contributed by atoms with Crippen molar-refractivity contribution in [3.63, 3.8) is 0 Å². The molecule has 1 aliphatic heterocycles. The first kappa shape index (κ1) is 36.9. The molecule has 1 aromatic carbocycles. The summed E-state index contributed by atoms with van der Waals surface area (Å²) in [5, 5.41) is 9.29. The van der Waals surface area contributed by atoms with Crippen molar-refractivity contribution in [2.24, 2.45) is 11.3 Å². The van der Waals surface area contributed by atoms with E-state index < -0.39 is 79.6 Å². The zero-order valence-corrected chi connectivity index (χ0v) is 30.5. The Morgan fingerprint density at radius 1 is 1.10 bits per heavy atom. The monoisotopic (exact) mass is 712 g/mol. The second-order valence-electron chi connectivity index (χ2n) is 15.5. The molecule has 15 heteroatoms. The minimum absolute atomic E-state index is 0.0273. The number of carbonyl (C=O) groups is 4. The number of hydrogen-bond donors (Lipinski definition) is 4. The lowest BCUT2D eigenvalue weighted by atomic mass is 9.85. The fourth-order valence-corrected chi connectivity index (χ4v) is 7.59. The lowest BCUT2D eigenvalue weighted by Gasteiger charge is -2.36. The molecule has 0 unspecified atom stereocenters. The van der Waals surface area contributed by atoms with E-state index in [1.165, 1.54) is 11.0 Å². The molecule has 50 heavy (non-hydrogen) atoms. The Labute approximate surface area is 293 Å². The maximum absolute atomic E-state index is 14.4. The van der Waals surface area contributed by atoms with Crippen molar-refractivity contribution in [2.45, 2.75) is 102 Å². The highest BCUT2D eigenvalue weighted by Gasteiger charge is 2.62. The van der Waals surface area contributed by atoms with Gasteiger partial charge in [-0.1, -0.05) is 26.8 Å². The van der Waals surface area contributed by atoms with Crippen LogP contribution >= 0.6 is 0 Å². The van der Waals surface area contributed by atoms with Gasteiger partial charge >= 0.3 is 6.03 Å². The Hall–Kier alpha value is -4.40. The van der Waals surface area contributed by atoms with E-state index >= 15 is 0 Å². The Kier molecular flexibility index (Phi) is 9.87. The van der Waals surface area contributed by atoms with Crippen LogP contribution in [0.4, 0.5) is 4.79 Å². The predicted molar refractivity (Wildman–Crippen MR) is 187 cm³/mol. The van der Waals surface area contributed by atoms with Gasteiger partial charge in [-0.2, -0.15) is 0 Å². The molecule has 2 saturated carbocycles. The van der Waals surface area contributed by atoms with E-state index in [9.17, 15) is 27.6 Å². The zero-order chi connectivity index (χ0) is 36.8. The van der Waals surface area contributed by atoms with E-state index in [0.29, 0.717) is 29.9 Å². The van der Waals surface area contributed by atoms with Crippen molar-refractivity contribution in [1.29, 1.82) is 0 Å². The van der Waals surface area contributed by atoms with Crippen molar-refractivity contribution < 1.29 is 37.1 Å². The fraction of sp³-hybridized carbons (Fsp3) is 0.571. The van der Waals surface area contributed by atoms with Crippen molar-refractivity contribution in [2.75, 3.05) is 13.7 Å². The topological polar surface area (TPSA) is 185 Å². The van der Waals surface area contributed by atoms with Gasteiger partial charge in [0.15, 0.2) is 0 Å². The largest absolute Gasteiger partial charge is 0.497 e. The molecular weight excluding hydrogens is 664 g/mol. The van der Waals surface area contributed by atoms with Gasteiger partial charge in [-0.25, -0.2) is 18.2 Å². The van der Waals surface area contributed by atoms with Gasteiger partial charge in [-0.3, -0.25) is 19.1 Å². The Morgan fingerprint density at radius 2 is 1.80 bits per heavy atom. The molecule has 1 aromatic heterocycles. The summed E-state index contributed by atoms with van der Waals surface area (Å²) < 4.78 is 39.2. The number of hydrogen-bond acceptors (Lipinski definition) is 9. The first-order chi connectivity index (χ1) is 23.3. The van der Waals surface area contributed by atoms with E-state index in [2.05, 4.69) is 32.2 Å². The van der Waals surface area contributed by atoms with Crippen LogP contribution in [0.2, 0.25) is 0 Å². The SMILES string of the molecule is C=C[C@@H]1C[C@]1(NC(=O)[C@@H]1C[C@@H](Oc2nccc3cc(OC)ccc23)CN1C(=O)[C@@H](NC(=O)NC(C)(C)C)C(C)(C)C)C(=O)NS(=O)(=O)C1CC1. The molecule has 0 bridgehead atoms. The first-order valence-corrected chi connectivity index (χ1v) is 18.3. The Morgan fingerprint density at radius 3 is 2.38 bits per heavy atom. The number of urea groups is 1. The van der Waals surface area contributed by atoms with Crippen LogP contribution in [0.1, 0.15) is 67.2 Å². The summed E-state index contributed by atoms with van der Waals surface area (Å²) in [5.41, 5.74) is -2.89. The van der Waals surface area contributed by atoms with Gasteiger partial charge in [0.05, 0.1) is 18.9 Å². The summed E-state index contributed by atoms with van der Waals surface area (Å²) in [6.07, 6.45) is 3.50. The van der Waals surface area contributed by atoms with Gasteiger partial charge in [0.2, 0.25) is 27.7 Å². The van der Waals surface area contributed by atoms with Crippen molar-refractivity contribution >= 4 is 44.5 Å². The van der Waals surface area contributed by atoms with Crippen LogP contribution in [0.5, 0.6) is 11.6 Å². The third-order valence-corrected chi connectivity index (χ3v) is 11.0. The molecule has 2 aliphatic carbocycles. The number of amides is 5. The smallest absolute Gasteiger partial charge is 0.315 e. The first-order valence-electron chi connectivity index (χ1n) is 16.8. The quantitative estimate of drug-likeness (QED) is 0.255. The fourth-order valence-electron chi connectivity index (χ4n) is 6.22. The molecule has 0 radical (unpaired) electrons. The second kappa shape index (κ2) is 13.4. The number of aromatic nitrogens is 1. The molecule has 5 amide bonds. The minimum atomic E-state index is -3.89. The molecule has 5 atom stereocenters. The number of pyridine rings is 1. The van der Waals surface area contributed by atoms with E-state index in [1.807, 2.05) is 39.0 Å². The van der Waals surface area contributed by atoms with Crippen molar-refractivity contribution in [3.05, 3.63) is 43.1 Å². The average Bonchev–Trinajstić information content (AvgIpc) is 3.95. The molecule has 3 fully saturated rings. The molecule has 5 rings (SSSR count). The number of benzene rings is 1. The Balaban J connectivity index is 1.44. The number of carbonyl (C=O) groups excluding carboxylic acids is 4. The maximum Gasteiger partial charge on any atom is 0.315 e. The van der Waals surface area contributed by atoms with Crippen LogP contribution in [-0.4, -0.2) is 90.2 Å². The summed E-state index contributed by atoms with van der Waals surface area (Å²) >= 11 is 0. The number of fused-ring (bicyclic) bond motifs is 1. The maximum atomic E-state index is 14.4. The average molecular weight is 713 g/mol. The third-order valence-electron chi connectivity index (χ3n) is 9.19.